The summed E-state index contributed by atoms with van der Waals surface area (Å²) in [5.74, 6) is -0.180. The van der Waals surface area contributed by atoms with Crippen molar-refractivity contribution in [2.24, 2.45) is 11.7 Å². The molecule has 2 rings (SSSR count). The van der Waals surface area contributed by atoms with Crippen molar-refractivity contribution in [2.75, 3.05) is 33.4 Å². The number of hydrogen-bond acceptors (Lipinski definition) is 4. The number of carbonyl (C=O) groups excluding carboxylic acids is 1. The number of nitrogens with one attached hydrogen (secondary N) is 1. The lowest BCUT2D eigenvalue weighted by Gasteiger charge is -2.33. The van der Waals surface area contributed by atoms with Gasteiger partial charge in [-0.2, -0.15) is 0 Å². The second-order valence-corrected chi connectivity index (χ2v) is 6.34. The smallest absolute Gasteiger partial charge is 0.224 e. The van der Waals surface area contributed by atoms with E-state index in [0.29, 0.717) is 0 Å². The molecule has 1 aliphatic heterocycles. The van der Waals surface area contributed by atoms with E-state index < -0.39 is 0 Å². The molecule has 3 N–H and O–H groups in total. The predicted molar refractivity (Wildman–Crippen MR) is 92.0 cm³/mol. The van der Waals surface area contributed by atoms with Crippen LogP contribution in [0, 0.1) is 5.92 Å². The molecule has 5 nitrogen and oxygen atoms in total. The number of benzene rings is 1. The van der Waals surface area contributed by atoms with Gasteiger partial charge in [-0.05, 0) is 18.4 Å². The molecular formula is C18H29N3O2. The van der Waals surface area contributed by atoms with E-state index in [0.717, 1.165) is 44.6 Å². The summed E-state index contributed by atoms with van der Waals surface area (Å²) in [6, 6.07) is 9.80. The minimum Gasteiger partial charge on any atom is -0.383 e. The molecule has 1 aromatic carbocycles. The van der Waals surface area contributed by atoms with Gasteiger partial charge in [-0.15, -0.1) is 0 Å². The monoisotopic (exact) mass is 319 g/mol. The largest absolute Gasteiger partial charge is 0.383 e. The number of amides is 1. The Morgan fingerprint density at radius 1 is 1.35 bits per heavy atom. The Bertz CT molecular complexity index is 472. The summed E-state index contributed by atoms with van der Waals surface area (Å²) >= 11 is 0. The first-order valence-corrected chi connectivity index (χ1v) is 8.44. The number of nitrogens with zero attached hydrogens (tertiary/aromatic N) is 1. The zero-order valence-electron chi connectivity index (χ0n) is 14.2. The van der Waals surface area contributed by atoms with Crippen molar-refractivity contribution in [3.63, 3.8) is 0 Å². The molecule has 2 unspecified atom stereocenters. The van der Waals surface area contributed by atoms with Crippen LogP contribution in [0.3, 0.4) is 0 Å². The number of methoxy groups -OCH3 is 1. The Morgan fingerprint density at radius 2 is 2.00 bits per heavy atom. The first-order chi connectivity index (χ1) is 11.1. The number of hydrogen-bond donors (Lipinski definition) is 2. The Hall–Kier alpha value is -1.43. The van der Waals surface area contributed by atoms with E-state index in [9.17, 15) is 4.79 Å². The highest BCUT2D eigenvalue weighted by molar-refractivity contribution is 5.79. The molecule has 1 aliphatic rings. The van der Waals surface area contributed by atoms with E-state index in [1.165, 1.54) is 0 Å². The van der Waals surface area contributed by atoms with Crippen molar-refractivity contribution in [2.45, 2.75) is 31.8 Å². The maximum atomic E-state index is 12.5. The molecule has 1 aromatic rings. The lowest BCUT2D eigenvalue weighted by molar-refractivity contribution is -0.126. The topological polar surface area (TPSA) is 67.6 Å². The number of ether oxygens (including phenoxy) is 1. The number of nitrogens with two attached hydrogens (primary N) is 1. The average molecular weight is 319 g/mol. The van der Waals surface area contributed by atoms with Crippen LogP contribution in [0.1, 0.15) is 31.4 Å². The first kappa shape index (κ1) is 17.9. The van der Waals surface area contributed by atoms with Crippen LogP contribution in [0.25, 0.3) is 0 Å². The summed E-state index contributed by atoms with van der Waals surface area (Å²) in [5, 5.41) is 3.17. The van der Waals surface area contributed by atoms with Crippen LogP contribution in [0.15, 0.2) is 30.3 Å². The summed E-state index contributed by atoms with van der Waals surface area (Å²) in [5.41, 5.74) is 7.24. The van der Waals surface area contributed by atoms with Crippen LogP contribution in [-0.4, -0.2) is 50.2 Å². The van der Waals surface area contributed by atoms with E-state index in [1.54, 1.807) is 7.11 Å². The fourth-order valence-corrected chi connectivity index (χ4v) is 2.98. The highest BCUT2D eigenvalue weighted by Gasteiger charge is 2.26. The fraction of sp³-hybridized carbons (Fsp3) is 0.611. The van der Waals surface area contributed by atoms with Crippen molar-refractivity contribution in [3.8, 4) is 0 Å². The van der Waals surface area contributed by atoms with Crippen LogP contribution >= 0.6 is 0 Å². The third-order valence-corrected chi connectivity index (χ3v) is 4.68. The molecule has 1 fully saturated rings. The maximum absolute atomic E-state index is 12.5. The number of carbonyl (C=O) groups is 1. The molecule has 128 valence electrons. The van der Waals surface area contributed by atoms with Crippen LogP contribution in [-0.2, 0) is 9.53 Å². The molecule has 23 heavy (non-hydrogen) atoms. The predicted octanol–water partition coefficient (Wildman–Crippen LogP) is 1.55. The summed E-state index contributed by atoms with van der Waals surface area (Å²) in [6.45, 7) is 5.65. The average Bonchev–Trinajstić information content (AvgIpc) is 2.60. The molecule has 0 aliphatic carbocycles. The Kier molecular flexibility index (Phi) is 7.02. The normalized spacial score (nSPS) is 19.3. The zero-order valence-corrected chi connectivity index (χ0v) is 14.2. The van der Waals surface area contributed by atoms with Gasteiger partial charge in [0.25, 0.3) is 0 Å². The summed E-state index contributed by atoms with van der Waals surface area (Å²) < 4.78 is 5.11. The Balaban J connectivity index is 1.78. The van der Waals surface area contributed by atoms with E-state index in [2.05, 4.69) is 10.2 Å². The second-order valence-electron chi connectivity index (χ2n) is 6.34. The van der Waals surface area contributed by atoms with E-state index in [4.69, 9.17) is 10.5 Å². The van der Waals surface area contributed by atoms with Gasteiger partial charge in [-0.1, -0.05) is 37.3 Å². The fourth-order valence-electron chi connectivity index (χ4n) is 2.98. The summed E-state index contributed by atoms with van der Waals surface area (Å²) in [6.07, 6.45) is 1.98. The number of rotatable bonds is 7. The van der Waals surface area contributed by atoms with Crippen LogP contribution in [0.2, 0.25) is 0 Å². The van der Waals surface area contributed by atoms with E-state index in [-0.39, 0.29) is 23.9 Å². The lowest BCUT2D eigenvalue weighted by Crippen LogP contribution is -2.47. The van der Waals surface area contributed by atoms with Crippen molar-refractivity contribution < 1.29 is 9.53 Å². The van der Waals surface area contributed by atoms with Crippen LogP contribution < -0.4 is 11.1 Å². The molecule has 1 heterocycles. The Labute approximate surface area is 139 Å². The van der Waals surface area contributed by atoms with Crippen molar-refractivity contribution >= 4 is 5.91 Å². The zero-order chi connectivity index (χ0) is 16.7. The Morgan fingerprint density at radius 3 is 2.61 bits per heavy atom. The van der Waals surface area contributed by atoms with Gasteiger partial charge < -0.3 is 20.7 Å². The number of likely N-dealkylation sites (tertiary alicyclic amines) is 1. The van der Waals surface area contributed by atoms with Gasteiger partial charge in [0.1, 0.15) is 0 Å². The minimum absolute atomic E-state index is 0.0525. The van der Waals surface area contributed by atoms with Gasteiger partial charge in [0.05, 0.1) is 12.5 Å². The SMILES string of the molecule is COCCN1CCC(NC(=O)C(C)C(N)c2ccccc2)CC1. The van der Waals surface area contributed by atoms with Gasteiger partial charge in [0, 0.05) is 38.8 Å². The number of piperidine rings is 1. The lowest BCUT2D eigenvalue weighted by atomic mass is 9.94. The van der Waals surface area contributed by atoms with Crippen molar-refractivity contribution in [3.05, 3.63) is 35.9 Å². The molecule has 2 atom stereocenters. The van der Waals surface area contributed by atoms with Crippen LogP contribution in [0.4, 0.5) is 0 Å². The van der Waals surface area contributed by atoms with Crippen molar-refractivity contribution in [1.29, 1.82) is 0 Å². The highest BCUT2D eigenvalue weighted by atomic mass is 16.5. The molecule has 5 heteroatoms. The quantitative estimate of drug-likeness (QED) is 0.800. The first-order valence-electron chi connectivity index (χ1n) is 8.44. The summed E-state index contributed by atoms with van der Waals surface area (Å²) in [4.78, 5) is 14.8. The standard InChI is InChI=1S/C18H29N3O2/c1-14(17(19)15-6-4-3-5-7-15)18(22)20-16-8-10-21(11-9-16)12-13-23-2/h3-7,14,16-17H,8-13,19H2,1-2H3,(H,20,22). The van der Waals surface area contributed by atoms with Crippen molar-refractivity contribution in [1.82, 2.24) is 10.2 Å². The third-order valence-electron chi connectivity index (χ3n) is 4.68. The van der Waals surface area contributed by atoms with Gasteiger partial charge in [-0.3, -0.25) is 4.79 Å². The van der Waals surface area contributed by atoms with Gasteiger partial charge >= 0.3 is 0 Å². The van der Waals surface area contributed by atoms with Gasteiger partial charge in [-0.25, -0.2) is 0 Å². The minimum atomic E-state index is -0.266. The van der Waals surface area contributed by atoms with E-state index >= 15 is 0 Å². The molecule has 1 saturated heterocycles. The molecule has 0 radical (unpaired) electrons. The highest BCUT2D eigenvalue weighted by Crippen LogP contribution is 2.20. The maximum Gasteiger partial charge on any atom is 0.224 e. The second kappa shape index (κ2) is 9.01. The molecule has 0 spiro atoms. The third kappa shape index (κ3) is 5.30. The van der Waals surface area contributed by atoms with E-state index in [1.807, 2.05) is 37.3 Å². The van der Waals surface area contributed by atoms with Crippen LogP contribution in [0.5, 0.6) is 0 Å². The van der Waals surface area contributed by atoms with Gasteiger partial charge in [0.2, 0.25) is 5.91 Å². The molecular weight excluding hydrogens is 290 g/mol. The molecule has 0 saturated carbocycles. The molecule has 1 amide bonds. The molecule has 0 aromatic heterocycles. The molecule has 0 bridgehead atoms. The van der Waals surface area contributed by atoms with Gasteiger partial charge in [0.15, 0.2) is 0 Å². The summed E-state index contributed by atoms with van der Waals surface area (Å²) in [7, 11) is 1.73.